The summed E-state index contributed by atoms with van der Waals surface area (Å²) < 4.78 is 29.6. The minimum atomic E-state index is -3.62. The van der Waals surface area contributed by atoms with Crippen LogP contribution in [-0.4, -0.2) is 102 Å². The average Bonchev–Trinajstić information content (AvgIpc) is 3.95. The van der Waals surface area contributed by atoms with E-state index in [0.717, 1.165) is 89.9 Å². The number of carbonyl (C=O) groups is 5. The van der Waals surface area contributed by atoms with E-state index in [4.69, 9.17) is 0 Å². The third-order valence-corrected chi connectivity index (χ3v) is 13.8. The van der Waals surface area contributed by atoms with Gasteiger partial charge in [-0.1, -0.05) is 45.4 Å². The first-order chi connectivity index (χ1) is 23.4. The van der Waals surface area contributed by atoms with Crippen LogP contribution in [0.4, 0.5) is 4.79 Å². The van der Waals surface area contributed by atoms with Gasteiger partial charge in [0.2, 0.25) is 27.6 Å². The van der Waals surface area contributed by atoms with Gasteiger partial charge in [0.05, 0.1) is 17.8 Å². The van der Waals surface area contributed by atoms with Gasteiger partial charge in [-0.25, -0.2) is 13.2 Å². The minimum absolute atomic E-state index is 0.0278. The molecular formula is C35H56N6O7S. The molecule has 0 aromatic rings. The second-order valence-electron chi connectivity index (χ2n) is 16.2. The zero-order chi connectivity index (χ0) is 34.8. The van der Waals surface area contributed by atoms with E-state index in [9.17, 15) is 32.4 Å². The highest BCUT2D eigenvalue weighted by atomic mass is 32.2. The van der Waals surface area contributed by atoms with Crippen LogP contribution in [0.25, 0.3) is 0 Å². The number of likely N-dealkylation sites (tertiary alicyclic amines) is 1. The molecule has 5 amide bonds. The number of Topliss-reactive ketones (excluding diaryl/α,β-unsaturated/α-hetero) is 1. The number of rotatable bonds is 15. The van der Waals surface area contributed by atoms with Gasteiger partial charge in [0.1, 0.15) is 12.1 Å². The van der Waals surface area contributed by atoms with Crippen molar-refractivity contribution < 1.29 is 32.4 Å². The highest BCUT2D eigenvalue weighted by Crippen LogP contribution is 2.41. The molecule has 6 aliphatic rings. The molecule has 6 fully saturated rings. The summed E-state index contributed by atoms with van der Waals surface area (Å²) in [5.41, 5.74) is -1.47. The molecule has 4 N–H and O–H groups in total. The third kappa shape index (κ3) is 9.14. The van der Waals surface area contributed by atoms with Gasteiger partial charge < -0.3 is 26.2 Å². The van der Waals surface area contributed by atoms with Gasteiger partial charge >= 0.3 is 6.03 Å². The van der Waals surface area contributed by atoms with E-state index in [1.54, 1.807) is 4.31 Å². The van der Waals surface area contributed by atoms with Crippen molar-refractivity contribution in [1.82, 2.24) is 30.5 Å². The summed E-state index contributed by atoms with van der Waals surface area (Å²) in [5, 5.41) is 11.3. The van der Waals surface area contributed by atoms with Crippen molar-refractivity contribution in [3.05, 3.63) is 0 Å². The number of amides is 5. The predicted octanol–water partition coefficient (Wildman–Crippen LogP) is 2.49. The number of urea groups is 1. The van der Waals surface area contributed by atoms with Crippen LogP contribution in [0.3, 0.4) is 0 Å². The zero-order valence-corrected chi connectivity index (χ0v) is 29.9. The van der Waals surface area contributed by atoms with E-state index in [-0.39, 0.29) is 23.7 Å². The quantitative estimate of drug-likeness (QED) is 0.190. The molecular weight excluding hydrogens is 648 g/mol. The van der Waals surface area contributed by atoms with E-state index >= 15 is 0 Å². The Balaban J connectivity index is 1.14. The normalized spacial score (nSPS) is 25.7. The maximum absolute atomic E-state index is 14.4. The van der Waals surface area contributed by atoms with Gasteiger partial charge in [-0.3, -0.25) is 19.2 Å². The SMILES string of the molecule is CC1([C@H](NC(=O)NC2(CS(=O)(=O)N(CC3CC3)C3CC3)CCCCC2)C(=O)N2CCC[C@H]2C(=O)NCC(=O)C(=O)NC2CC2)CCCCC1. The zero-order valence-electron chi connectivity index (χ0n) is 29.1. The molecule has 0 aromatic heterocycles. The fourth-order valence-corrected chi connectivity index (χ4v) is 10.6. The molecule has 2 atom stereocenters. The van der Waals surface area contributed by atoms with E-state index in [1.165, 1.54) is 4.90 Å². The Bertz CT molecular complexity index is 1380. The van der Waals surface area contributed by atoms with E-state index in [1.807, 2.05) is 6.92 Å². The van der Waals surface area contributed by atoms with Gasteiger partial charge in [0.15, 0.2) is 0 Å². The van der Waals surface area contributed by atoms with Crippen molar-refractivity contribution in [3.63, 3.8) is 0 Å². The number of ketones is 1. The standard InChI is InChI=1S/C35H56N6O7S/c1-34(16-4-2-5-17-34)29(32(45)40-20-8-9-27(40)30(43)36-21-28(42)31(44)37-25-12-13-25)38-33(46)39-35(18-6-3-7-19-35)23-49(47,48)41(26-14-15-26)22-24-10-11-24/h24-27,29H,2-23H2,1H3,(H,36,43)(H,37,44)(H2,38,39,46)/t27-,29+/m0/s1. The van der Waals surface area contributed by atoms with Crippen LogP contribution < -0.4 is 21.3 Å². The number of carbonyl (C=O) groups excluding carboxylic acids is 5. The van der Waals surface area contributed by atoms with Crippen LogP contribution in [-0.2, 0) is 29.2 Å². The summed E-state index contributed by atoms with van der Waals surface area (Å²) in [4.78, 5) is 67.6. The maximum Gasteiger partial charge on any atom is 0.315 e. The number of sulfonamides is 1. The average molecular weight is 705 g/mol. The second kappa shape index (κ2) is 14.9. The molecule has 0 bridgehead atoms. The fraction of sp³-hybridized carbons (Fsp3) is 0.857. The summed E-state index contributed by atoms with van der Waals surface area (Å²) in [6.45, 7) is 2.48. The monoisotopic (exact) mass is 704 g/mol. The van der Waals surface area contributed by atoms with Gasteiger partial charge in [-0.05, 0) is 88.4 Å². The molecule has 0 unspecified atom stereocenters. The van der Waals surface area contributed by atoms with Crippen molar-refractivity contribution in [2.45, 2.75) is 152 Å². The molecule has 274 valence electrons. The van der Waals surface area contributed by atoms with E-state index < -0.39 is 63.2 Å². The molecule has 13 nitrogen and oxygen atoms in total. The Kier molecular flexibility index (Phi) is 10.9. The molecule has 0 aromatic carbocycles. The van der Waals surface area contributed by atoms with Crippen molar-refractivity contribution in [1.29, 1.82) is 0 Å². The Morgan fingerprint density at radius 1 is 0.837 bits per heavy atom. The van der Waals surface area contributed by atoms with Crippen LogP contribution in [0, 0.1) is 11.3 Å². The lowest BCUT2D eigenvalue weighted by Crippen LogP contribution is -2.64. The summed E-state index contributed by atoms with van der Waals surface area (Å²) in [6.07, 6.45) is 14.7. The first-order valence-electron chi connectivity index (χ1n) is 18.9. The van der Waals surface area contributed by atoms with Crippen molar-refractivity contribution >= 4 is 39.6 Å². The van der Waals surface area contributed by atoms with Crippen molar-refractivity contribution in [3.8, 4) is 0 Å². The summed E-state index contributed by atoms with van der Waals surface area (Å²) in [7, 11) is -3.62. The summed E-state index contributed by atoms with van der Waals surface area (Å²) in [5.74, 6) is -1.99. The maximum atomic E-state index is 14.4. The topological polar surface area (TPSA) is 174 Å². The molecule has 0 spiro atoms. The second-order valence-corrected chi connectivity index (χ2v) is 18.1. The van der Waals surface area contributed by atoms with Crippen LogP contribution in [0.2, 0.25) is 0 Å². The number of hydrogen-bond acceptors (Lipinski definition) is 7. The van der Waals surface area contributed by atoms with Crippen molar-refractivity contribution in [2.75, 3.05) is 25.4 Å². The summed E-state index contributed by atoms with van der Waals surface area (Å²) >= 11 is 0. The molecule has 1 aliphatic heterocycles. The molecule has 14 heteroatoms. The van der Waals surface area contributed by atoms with E-state index in [2.05, 4.69) is 21.3 Å². The Morgan fingerprint density at radius 3 is 2.10 bits per heavy atom. The molecule has 5 saturated carbocycles. The fourth-order valence-electron chi connectivity index (χ4n) is 8.29. The van der Waals surface area contributed by atoms with Crippen LogP contribution >= 0.6 is 0 Å². The highest BCUT2D eigenvalue weighted by molar-refractivity contribution is 7.89. The number of nitrogens with one attached hydrogen (secondary N) is 4. The van der Waals surface area contributed by atoms with Crippen molar-refractivity contribution in [2.24, 2.45) is 11.3 Å². The lowest BCUT2D eigenvalue weighted by molar-refractivity contribution is -0.143. The Morgan fingerprint density at radius 2 is 1.49 bits per heavy atom. The lowest BCUT2D eigenvalue weighted by atomic mass is 9.70. The highest BCUT2D eigenvalue weighted by Gasteiger charge is 2.49. The first-order valence-corrected chi connectivity index (χ1v) is 20.5. The molecule has 1 heterocycles. The smallest absolute Gasteiger partial charge is 0.315 e. The Hall–Kier alpha value is -2.74. The molecule has 49 heavy (non-hydrogen) atoms. The van der Waals surface area contributed by atoms with E-state index in [0.29, 0.717) is 44.7 Å². The molecule has 1 saturated heterocycles. The lowest BCUT2D eigenvalue weighted by Gasteiger charge is -2.43. The van der Waals surface area contributed by atoms with Gasteiger partial charge in [0, 0.05) is 25.2 Å². The predicted molar refractivity (Wildman–Crippen MR) is 183 cm³/mol. The van der Waals surface area contributed by atoms with Crippen LogP contribution in [0.5, 0.6) is 0 Å². The Labute approximate surface area is 290 Å². The van der Waals surface area contributed by atoms with Gasteiger partial charge in [-0.2, -0.15) is 4.31 Å². The van der Waals surface area contributed by atoms with Gasteiger partial charge in [-0.15, -0.1) is 0 Å². The van der Waals surface area contributed by atoms with Gasteiger partial charge in [0.25, 0.3) is 5.91 Å². The first kappa shape index (κ1) is 36.1. The molecule has 5 aliphatic carbocycles. The summed E-state index contributed by atoms with van der Waals surface area (Å²) in [6, 6.07) is -2.19. The largest absolute Gasteiger partial charge is 0.347 e. The number of hydrogen-bond donors (Lipinski definition) is 4. The molecule has 0 radical (unpaired) electrons. The third-order valence-electron chi connectivity index (χ3n) is 11.7. The molecule has 6 rings (SSSR count). The van der Waals surface area contributed by atoms with Crippen LogP contribution in [0.1, 0.15) is 122 Å². The van der Waals surface area contributed by atoms with Crippen LogP contribution in [0.15, 0.2) is 0 Å². The number of nitrogens with zero attached hydrogens (tertiary/aromatic N) is 2. The minimum Gasteiger partial charge on any atom is -0.347 e.